The molecule has 1 spiro atoms. The van der Waals surface area contributed by atoms with E-state index < -0.39 is 5.60 Å². The number of pyridine rings is 1. The van der Waals surface area contributed by atoms with Gasteiger partial charge < -0.3 is 19.9 Å². The van der Waals surface area contributed by atoms with Crippen molar-refractivity contribution in [3.8, 4) is 0 Å². The van der Waals surface area contributed by atoms with Gasteiger partial charge in [-0.3, -0.25) is 9.59 Å². The van der Waals surface area contributed by atoms with Crippen molar-refractivity contribution in [2.75, 3.05) is 11.4 Å². The molecule has 0 atom stereocenters. The number of carbonyl (C=O) groups is 2. The average molecular weight is 548 g/mol. The van der Waals surface area contributed by atoms with Crippen LogP contribution in [0.3, 0.4) is 0 Å². The summed E-state index contributed by atoms with van der Waals surface area (Å²) >= 11 is 6.54. The molecule has 2 heterocycles. The Hall–Kier alpha value is -3.58. The van der Waals surface area contributed by atoms with E-state index >= 15 is 0 Å². The maximum atomic E-state index is 13.3. The summed E-state index contributed by atoms with van der Waals surface area (Å²) in [5.74, 6) is -0.510. The molecule has 2 aromatic carbocycles. The van der Waals surface area contributed by atoms with Crippen molar-refractivity contribution in [2.24, 2.45) is 0 Å². The molecule has 8 heteroatoms. The molecule has 2 aliphatic rings. The summed E-state index contributed by atoms with van der Waals surface area (Å²) < 4.78 is 5.95. The Bertz CT molecular complexity index is 1500. The quantitative estimate of drug-likeness (QED) is 0.385. The smallest absolute Gasteiger partial charge is 0.339 e. The summed E-state index contributed by atoms with van der Waals surface area (Å²) in [5.41, 5.74) is 5.33. The fourth-order valence-electron chi connectivity index (χ4n) is 6.29. The molecule has 1 amide bonds. The standard InChI is InChI=1S/C31H34ClN3O4/c1-5-35(22-10-12-31(13-11-22)26-9-7-6-8-23(26)30(38)39-31)27-16-21(32)15-24(20(27)4)28(36)33-17-25-18(2)14-19(3)34-29(25)37/h6-9,14-16,22H,5,10-13,17H2,1-4H3,(H,33,36)(H,34,37)/t22-,31-. The molecule has 0 unspecified atom stereocenters. The number of halogens is 1. The van der Waals surface area contributed by atoms with Gasteiger partial charge in [-0.05, 0) is 88.8 Å². The number of hydrogen-bond donors (Lipinski definition) is 2. The Morgan fingerprint density at radius 1 is 1.13 bits per heavy atom. The van der Waals surface area contributed by atoms with Crippen LogP contribution in [-0.4, -0.2) is 29.4 Å². The fourth-order valence-corrected chi connectivity index (χ4v) is 6.50. The minimum absolute atomic E-state index is 0.129. The van der Waals surface area contributed by atoms with Crippen LogP contribution in [0.1, 0.15) is 81.3 Å². The van der Waals surface area contributed by atoms with Crippen molar-refractivity contribution >= 4 is 29.2 Å². The van der Waals surface area contributed by atoms with E-state index in [1.54, 1.807) is 6.07 Å². The normalized spacial score (nSPS) is 20.0. The zero-order chi connectivity index (χ0) is 27.9. The van der Waals surface area contributed by atoms with Crippen molar-refractivity contribution in [3.05, 3.63) is 96.9 Å². The van der Waals surface area contributed by atoms with E-state index in [0.29, 0.717) is 21.7 Å². The first-order chi connectivity index (χ1) is 18.6. The van der Waals surface area contributed by atoms with Gasteiger partial charge in [-0.15, -0.1) is 0 Å². The molecule has 1 aromatic heterocycles. The summed E-state index contributed by atoms with van der Waals surface area (Å²) in [5, 5.41) is 3.39. The molecule has 1 fully saturated rings. The molecule has 1 aliphatic carbocycles. The van der Waals surface area contributed by atoms with Gasteiger partial charge in [0.15, 0.2) is 0 Å². The van der Waals surface area contributed by atoms with Gasteiger partial charge in [0.05, 0.1) is 5.56 Å². The van der Waals surface area contributed by atoms with Crippen molar-refractivity contribution < 1.29 is 14.3 Å². The van der Waals surface area contributed by atoms with Gasteiger partial charge in [-0.2, -0.15) is 0 Å². The van der Waals surface area contributed by atoms with Crippen molar-refractivity contribution in [2.45, 2.75) is 71.6 Å². The molecule has 3 aromatic rings. The number of anilines is 1. The molecule has 0 bridgehead atoms. The molecule has 0 radical (unpaired) electrons. The second kappa shape index (κ2) is 10.5. The van der Waals surface area contributed by atoms with Crippen LogP contribution in [0.4, 0.5) is 5.69 Å². The summed E-state index contributed by atoms with van der Waals surface area (Å²) in [6.45, 7) is 8.61. The highest BCUT2D eigenvalue weighted by Crippen LogP contribution is 2.48. The minimum Gasteiger partial charge on any atom is -0.451 e. The number of nitrogens with zero attached hydrogens (tertiary/aromatic N) is 1. The predicted octanol–water partition coefficient (Wildman–Crippen LogP) is 5.72. The third-order valence-electron chi connectivity index (χ3n) is 8.29. The number of amides is 1. The number of rotatable bonds is 6. The average Bonchev–Trinajstić information content (AvgIpc) is 3.17. The molecule has 204 valence electrons. The molecule has 1 aliphatic heterocycles. The van der Waals surface area contributed by atoms with Crippen LogP contribution in [-0.2, 0) is 16.9 Å². The predicted molar refractivity (Wildman–Crippen MR) is 153 cm³/mol. The van der Waals surface area contributed by atoms with Gasteiger partial charge in [0.1, 0.15) is 5.60 Å². The van der Waals surface area contributed by atoms with Crippen LogP contribution in [0, 0.1) is 20.8 Å². The van der Waals surface area contributed by atoms with E-state index in [0.717, 1.165) is 60.3 Å². The molecular weight excluding hydrogens is 514 g/mol. The van der Waals surface area contributed by atoms with Crippen LogP contribution in [0.15, 0.2) is 47.3 Å². The van der Waals surface area contributed by atoms with Gasteiger partial charge in [0, 0.05) is 52.2 Å². The lowest BCUT2D eigenvalue weighted by Crippen LogP contribution is -2.43. The number of aromatic nitrogens is 1. The number of aryl methyl sites for hydroxylation is 2. The zero-order valence-corrected chi connectivity index (χ0v) is 23.6. The lowest BCUT2D eigenvalue weighted by atomic mass is 9.77. The number of benzene rings is 2. The first kappa shape index (κ1) is 27.0. The fraction of sp³-hybridized carbons (Fsp3) is 0.387. The minimum atomic E-state index is -0.552. The molecule has 5 rings (SSSR count). The highest BCUT2D eigenvalue weighted by Gasteiger charge is 2.48. The third kappa shape index (κ3) is 4.96. The summed E-state index contributed by atoms with van der Waals surface area (Å²) in [6.07, 6.45) is 3.18. The maximum Gasteiger partial charge on any atom is 0.339 e. The third-order valence-corrected chi connectivity index (χ3v) is 8.51. The molecule has 2 N–H and O–H groups in total. The number of carbonyl (C=O) groups excluding carboxylic acids is 2. The number of fused-ring (bicyclic) bond motifs is 2. The Morgan fingerprint density at radius 2 is 1.85 bits per heavy atom. The second-order valence-corrected chi connectivity index (χ2v) is 11.1. The number of aromatic amines is 1. The van der Waals surface area contributed by atoms with Crippen LogP contribution in [0.5, 0.6) is 0 Å². The summed E-state index contributed by atoms with van der Waals surface area (Å²) in [7, 11) is 0. The van der Waals surface area contributed by atoms with Crippen LogP contribution in [0.2, 0.25) is 5.02 Å². The summed E-state index contributed by atoms with van der Waals surface area (Å²) in [4.78, 5) is 43.3. The van der Waals surface area contributed by atoms with Gasteiger partial charge in [0.2, 0.25) is 0 Å². The Morgan fingerprint density at radius 3 is 2.54 bits per heavy atom. The number of H-pyrrole nitrogens is 1. The van der Waals surface area contributed by atoms with Crippen LogP contribution >= 0.6 is 11.6 Å². The first-order valence-electron chi connectivity index (χ1n) is 13.5. The van der Waals surface area contributed by atoms with E-state index in [9.17, 15) is 14.4 Å². The Kier molecular flexibility index (Phi) is 7.29. The van der Waals surface area contributed by atoms with E-state index in [1.165, 1.54) is 0 Å². The molecule has 39 heavy (non-hydrogen) atoms. The van der Waals surface area contributed by atoms with E-state index in [1.807, 2.05) is 57.2 Å². The van der Waals surface area contributed by atoms with Crippen molar-refractivity contribution in [1.29, 1.82) is 0 Å². The number of hydrogen-bond acceptors (Lipinski definition) is 5. The van der Waals surface area contributed by atoms with Gasteiger partial charge in [0.25, 0.3) is 11.5 Å². The molecular formula is C31H34ClN3O4. The van der Waals surface area contributed by atoms with Gasteiger partial charge >= 0.3 is 5.97 Å². The van der Waals surface area contributed by atoms with Crippen LogP contribution in [0.25, 0.3) is 0 Å². The largest absolute Gasteiger partial charge is 0.451 e. The Labute approximate surface area is 233 Å². The molecule has 0 saturated heterocycles. The number of nitrogens with one attached hydrogen (secondary N) is 2. The molecule has 7 nitrogen and oxygen atoms in total. The lowest BCUT2D eigenvalue weighted by Gasteiger charge is -2.42. The zero-order valence-electron chi connectivity index (χ0n) is 22.8. The number of ether oxygens (including phenoxy) is 1. The van der Waals surface area contributed by atoms with E-state index in [4.69, 9.17) is 16.3 Å². The second-order valence-electron chi connectivity index (χ2n) is 10.7. The monoisotopic (exact) mass is 547 g/mol. The van der Waals surface area contributed by atoms with Crippen molar-refractivity contribution in [1.82, 2.24) is 10.3 Å². The Balaban J connectivity index is 1.35. The lowest BCUT2D eigenvalue weighted by molar-refractivity contribution is -0.0308. The first-order valence-corrected chi connectivity index (χ1v) is 13.9. The summed E-state index contributed by atoms with van der Waals surface area (Å²) in [6, 6.07) is 13.4. The van der Waals surface area contributed by atoms with E-state index in [2.05, 4.69) is 22.1 Å². The topological polar surface area (TPSA) is 91.5 Å². The van der Waals surface area contributed by atoms with Crippen molar-refractivity contribution in [3.63, 3.8) is 0 Å². The maximum absolute atomic E-state index is 13.3. The molecule has 1 saturated carbocycles. The van der Waals surface area contributed by atoms with Crippen LogP contribution < -0.4 is 15.8 Å². The van der Waals surface area contributed by atoms with Gasteiger partial charge in [-0.1, -0.05) is 29.8 Å². The SMILES string of the molecule is CCN(c1cc(Cl)cc(C(=O)NCc2c(C)cc(C)[nH]c2=O)c1C)[C@H]1CC[C@@]2(CC1)OC(=O)c1ccccc12. The van der Waals surface area contributed by atoms with E-state index in [-0.39, 0.29) is 30.0 Å². The highest BCUT2D eigenvalue weighted by molar-refractivity contribution is 6.31. The highest BCUT2D eigenvalue weighted by atomic mass is 35.5. The number of esters is 1. The van der Waals surface area contributed by atoms with Gasteiger partial charge in [-0.25, -0.2) is 4.79 Å².